The fourth-order valence-corrected chi connectivity index (χ4v) is 3.61. The lowest BCUT2D eigenvalue weighted by Crippen LogP contribution is -2.36. The number of rotatable bonds is 5. The third-order valence-corrected chi connectivity index (χ3v) is 4.87. The van der Waals surface area contributed by atoms with Gasteiger partial charge in [-0.1, -0.05) is 36.3 Å². The molecule has 3 rings (SSSR count). The molecule has 1 unspecified atom stereocenters. The average Bonchev–Trinajstić information content (AvgIpc) is 3.19. The molecule has 1 aliphatic carbocycles. The van der Waals surface area contributed by atoms with E-state index in [0.717, 1.165) is 47.3 Å². The molecule has 0 aliphatic heterocycles. The van der Waals surface area contributed by atoms with Crippen molar-refractivity contribution in [3.05, 3.63) is 50.8 Å². The van der Waals surface area contributed by atoms with Crippen LogP contribution in [0.3, 0.4) is 0 Å². The topological polar surface area (TPSA) is 64.0 Å². The van der Waals surface area contributed by atoms with E-state index >= 15 is 0 Å². The number of carbonyl (C=O) groups is 1. The first-order valence-corrected chi connectivity index (χ1v) is 8.57. The van der Waals surface area contributed by atoms with Crippen LogP contribution in [0.2, 0.25) is 0 Å². The molecular formula is C16H18FN3O2S. The predicted molar refractivity (Wildman–Crippen MR) is 85.6 cm³/mol. The van der Waals surface area contributed by atoms with Crippen molar-refractivity contribution in [1.82, 2.24) is 15.1 Å². The van der Waals surface area contributed by atoms with Crippen molar-refractivity contribution in [2.75, 3.05) is 0 Å². The highest BCUT2D eigenvalue weighted by Gasteiger charge is 2.28. The molecule has 1 atom stereocenters. The molecule has 0 spiro atoms. The van der Waals surface area contributed by atoms with Crippen LogP contribution >= 0.6 is 11.3 Å². The van der Waals surface area contributed by atoms with Crippen LogP contribution in [0.15, 0.2) is 34.6 Å². The number of nitrogens with zero attached hydrogens (tertiary/aromatic N) is 2. The Kier molecular flexibility index (Phi) is 4.85. The molecule has 1 aromatic heterocycles. The number of halogens is 1. The Bertz CT molecular complexity index is 719. The molecule has 7 heteroatoms. The second-order valence-electron chi connectivity index (χ2n) is 5.80. The molecule has 2 aromatic rings. The maximum atomic E-state index is 13.2. The van der Waals surface area contributed by atoms with Crippen LogP contribution in [0.4, 0.5) is 4.39 Å². The largest absolute Gasteiger partial charge is 0.347 e. The zero-order valence-corrected chi connectivity index (χ0v) is 13.4. The number of benzene rings is 1. The van der Waals surface area contributed by atoms with Gasteiger partial charge in [0.05, 0.1) is 6.04 Å². The Labute approximate surface area is 137 Å². The third kappa shape index (κ3) is 3.85. The molecule has 0 radical (unpaired) electrons. The molecule has 0 bridgehead atoms. The first kappa shape index (κ1) is 15.9. The van der Waals surface area contributed by atoms with Gasteiger partial charge in [-0.05, 0) is 36.5 Å². The highest BCUT2D eigenvalue weighted by Crippen LogP contribution is 2.35. The van der Waals surface area contributed by atoms with E-state index in [1.165, 1.54) is 17.6 Å². The lowest BCUT2D eigenvalue weighted by molar-refractivity contribution is -0.123. The minimum absolute atomic E-state index is 0.0905. The Balaban J connectivity index is 1.75. The molecule has 5 nitrogen and oxygen atoms in total. The van der Waals surface area contributed by atoms with Crippen LogP contribution in [0.1, 0.15) is 37.3 Å². The molecule has 122 valence electrons. The number of amides is 1. The second-order valence-corrected chi connectivity index (χ2v) is 6.60. The lowest BCUT2D eigenvalue weighted by atomic mass is 9.91. The van der Waals surface area contributed by atoms with E-state index in [9.17, 15) is 14.0 Å². The van der Waals surface area contributed by atoms with E-state index in [4.69, 9.17) is 0 Å². The average molecular weight is 335 g/mol. The van der Waals surface area contributed by atoms with Gasteiger partial charge in [0, 0.05) is 0 Å². The van der Waals surface area contributed by atoms with Gasteiger partial charge in [0.15, 0.2) is 0 Å². The predicted octanol–water partition coefficient (Wildman–Crippen LogP) is 2.49. The van der Waals surface area contributed by atoms with Crippen LogP contribution in [0.25, 0.3) is 0 Å². The zero-order chi connectivity index (χ0) is 16.2. The zero-order valence-electron chi connectivity index (χ0n) is 12.6. The summed E-state index contributed by atoms with van der Waals surface area (Å²) in [4.78, 5) is 23.5. The Morgan fingerprint density at radius 1 is 1.35 bits per heavy atom. The number of aromatic nitrogens is 2. The van der Waals surface area contributed by atoms with Gasteiger partial charge in [-0.25, -0.2) is 9.07 Å². The third-order valence-electron chi connectivity index (χ3n) is 4.26. The number of carbonyl (C=O) groups excluding carboxylic acids is 1. The summed E-state index contributed by atoms with van der Waals surface area (Å²) in [5.41, 5.74) is 2.32. The van der Waals surface area contributed by atoms with Gasteiger partial charge in [0.2, 0.25) is 5.91 Å². The highest BCUT2D eigenvalue weighted by molar-refractivity contribution is 7.06. The Morgan fingerprint density at radius 3 is 2.65 bits per heavy atom. The summed E-state index contributed by atoms with van der Waals surface area (Å²) in [5, 5.41) is 6.86. The quantitative estimate of drug-likeness (QED) is 0.913. The van der Waals surface area contributed by atoms with Crippen LogP contribution in [-0.2, 0) is 11.3 Å². The number of nitrogens with one attached hydrogen (secondary N) is 1. The van der Waals surface area contributed by atoms with Crippen molar-refractivity contribution in [1.29, 1.82) is 0 Å². The standard InChI is InChI=1S/C16H18FN3O2S/c17-13-7-5-12(6-8-13)15(11-3-1-2-4-11)19-14(21)9-20-16(22)23-10-18-20/h5-8,10-11,15H,1-4,9H2,(H,19,21). The molecule has 1 aromatic carbocycles. The first-order valence-electron chi connectivity index (χ1n) is 7.69. The molecule has 1 amide bonds. The van der Waals surface area contributed by atoms with E-state index in [2.05, 4.69) is 10.4 Å². The van der Waals surface area contributed by atoms with E-state index < -0.39 is 0 Å². The molecule has 1 fully saturated rings. The molecule has 1 saturated carbocycles. The monoisotopic (exact) mass is 335 g/mol. The van der Waals surface area contributed by atoms with Crippen molar-refractivity contribution < 1.29 is 9.18 Å². The van der Waals surface area contributed by atoms with E-state index in [0.29, 0.717) is 5.92 Å². The number of hydrogen-bond acceptors (Lipinski definition) is 4. The summed E-state index contributed by atoms with van der Waals surface area (Å²) >= 11 is 0.963. The maximum absolute atomic E-state index is 13.2. The van der Waals surface area contributed by atoms with Gasteiger partial charge < -0.3 is 5.32 Å². The smallest absolute Gasteiger partial charge is 0.325 e. The minimum Gasteiger partial charge on any atom is -0.347 e. The first-order chi connectivity index (χ1) is 11.1. The molecule has 1 heterocycles. The normalized spacial score (nSPS) is 16.4. The van der Waals surface area contributed by atoms with Gasteiger partial charge >= 0.3 is 4.87 Å². The minimum atomic E-state index is -0.292. The van der Waals surface area contributed by atoms with E-state index in [1.807, 2.05) is 0 Å². The SMILES string of the molecule is O=C(Cn1ncsc1=O)NC(c1ccc(F)cc1)C1CCCC1. The summed E-state index contributed by atoms with van der Waals surface area (Å²) in [5.74, 6) is -0.199. The van der Waals surface area contributed by atoms with Crippen molar-refractivity contribution in [2.24, 2.45) is 5.92 Å². The van der Waals surface area contributed by atoms with Crippen LogP contribution in [0.5, 0.6) is 0 Å². The van der Waals surface area contributed by atoms with Gasteiger partial charge in [0.25, 0.3) is 0 Å². The van der Waals surface area contributed by atoms with Crippen molar-refractivity contribution in [3.63, 3.8) is 0 Å². The van der Waals surface area contributed by atoms with Crippen molar-refractivity contribution in [2.45, 2.75) is 38.3 Å². The van der Waals surface area contributed by atoms with Crippen molar-refractivity contribution >= 4 is 17.2 Å². The molecular weight excluding hydrogens is 317 g/mol. The van der Waals surface area contributed by atoms with Gasteiger partial charge in [0.1, 0.15) is 17.9 Å². The van der Waals surface area contributed by atoms with Crippen LogP contribution in [0, 0.1) is 11.7 Å². The fourth-order valence-electron chi connectivity index (χ4n) is 3.13. The summed E-state index contributed by atoms with van der Waals surface area (Å²) in [7, 11) is 0. The lowest BCUT2D eigenvalue weighted by Gasteiger charge is -2.25. The van der Waals surface area contributed by atoms with Gasteiger partial charge in [-0.3, -0.25) is 9.59 Å². The summed E-state index contributed by atoms with van der Waals surface area (Å²) in [6, 6.07) is 6.10. The van der Waals surface area contributed by atoms with Gasteiger partial charge in [-0.15, -0.1) is 0 Å². The Morgan fingerprint density at radius 2 is 2.04 bits per heavy atom. The highest BCUT2D eigenvalue weighted by atomic mass is 32.1. The summed E-state index contributed by atoms with van der Waals surface area (Å²) in [6.45, 7) is -0.0905. The number of hydrogen-bond donors (Lipinski definition) is 1. The summed E-state index contributed by atoms with van der Waals surface area (Å²) < 4.78 is 14.3. The Hall–Kier alpha value is -2.02. The molecule has 1 aliphatic rings. The molecule has 23 heavy (non-hydrogen) atoms. The maximum Gasteiger partial charge on any atom is 0.325 e. The van der Waals surface area contributed by atoms with E-state index in [1.54, 1.807) is 12.1 Å². The van der Waals surface area contributed by atoms with Gasteiger partial charge in [-0.2, -0.15) is 5.10 Å². The van der Waals surface area contributed by atoms with E-state index in [-0.39, 0.29) is 29.2 Å². The van der Waals surface area contributed by atoms with Crippen LogP contribution in [-0.4, -0.2) is 15.7 Å². The fraction of sp³-hybridized carbons (Fsp3) is 0.438. The summed E-state index contributed by atoms with van der Waals surface area (Å²) in [6.07, 6.45) is 4.37. The second kappa shape index (κ2) is 7.04. The van der Waals surface area contributed by atoms with Crippen molar-refractivity contribution in [3.8, 4) is 0 Å². The molecule has 0 saturated heterocycles. The van der Waals surface area contributed by atoms with Crippen LogP contribution < -0.4 is 10.2 Å². The molecule has 1 N–H and O–H groups in total.